The zero-order valence-electron chi connectivity index (χ0n) is 16.7. The van der Waals surface area contributed by atoms with Gasteiger partial charge in [0, 0.05) is 61.9 Å². The van der Waals surface area contributed by atoms with E-state index in [-0.39, 0.29) is 24.9 Å². The standard InChI is InChI=1S/C21H22N6O4/c22-13-21(30)5-8-27(20(21)29)16-2-7-24-18(12-16)26-17-11-14(1-6-23-17)19(28)25-15-3-9-31-10-4-15/h1-2,6-7,11-12,15,30H,3-5,8-10H2,(H,25,28)(H,23,24,26)/t21-/m0/s1. The maximum Gasteiger partial charge on any atom is 0.273 e. The number of aromatic nitrogens is 2. The third-order valence-corrected chi connectivity index (χ3v) is 5.37. The smallest absolute Gasteiger partial charge is 0.273 e. The fourth-order valence-corrected chi connectivity index (χ4v) is 3.59. The average Bonchev–Trinajstić information content (AvgIpc) is 3.10. The number of nitrogens with one attached hydrogen (secondary N) is 2. The zero-order chi connectivity index (χ0) is 21.8. The van der Waals surface area contributed by atoms with Gasteiger partial charge in [0.1, 0.15) is 17.7 Å². The van der Waals surface area contributed by atoms with Crippen LogP contribution < -0.4 is 15.5 Å². The maximum atomic E-state index is 12.6. The predicted octanol–water partition coefficient (Wildman–Crippen LogP) is 1.12. The summed E-state index contributed by atoms with van der Waals surface area (Å²) in [4.78, 5) is 34.7. The molecule has 0 bridgehead atoms. The molecule has 2 aromatic heterocycles. The van der Waals surface area contributed by atoms with Crippen LogP contribution in [0.5, 0.6) is 0 Å². The van der Waals surface area contributed by atoms with Crippen LogP contribution >= 0.6 is 0 Å². The third-order valence-electron chi connectivity index (χ3n) is 5.37. The molecule has 31 heavy (non-hydrogen) atoms. The van der Waals surface area contributed by atoms with Crippen molar-refractivity contribution in [3.8, 4) is 6.07 Å². The Bertz CT molecular complexity index is 1030. The summed E-state index contributed by atoms with van der Waals surface area (Å²) in [6.45, 7) is 1.51. The summed E-state index contributed by atoms with van der Waals surface area (Å²) in [6.07, 6.45) is 4.65. The van der Waals surface area contributed by atoms with E-state index < -0.39 is 11.5 Å². The number of aliphatic hydroxyl groups is 1. The van der Waals surface area contributed by atoms with Crippen molar-refractivity contribution in [2.75, 3.05) is 30.0 Å². The minimum Gasteiger partial charge on any atom is -0.381 e. The van der Waals surface area contributed by atoms with Crippen molar-refractivity contribution in [3.05, 3.63) is 42.2 Å². The molecule has 0 aromatic carbocycles. The number of nitrogens with zero attached hydrogens (tertiary/aromatic N) is 4. The van der Waals surface area contributed by atoms with Crippen LogP contribution in [0.1, 0.15) is 29.6 Å². The number of hydrogen-bond acceptors (Lipinski definition) is 8. The lowest BCUT2D eigenvalue weighted by Crippen LogP contribution is -2.38. The third kappa shape index (κ3) is 4.47. The molecule has 0 aliphatic carbocycles. The maximum absolute atomic E-state index is 12.6. The van der Waals surface area contributed by atoms with Crippen molar-refractivity contribution in [2.24, 2.45) is 0 Å². The van der Waals surface area contributed by atoms with Crippen LogP contribution in [0.4, 0.5) is 17.3 Å². The van der Waals surface area contributed by atoms with Crippen LogP contribution in [-0.4, -0.2) is 58.3 Å². The molecule has 2 aliphatic rings. The molecule has 160 valence electrons. The Morgan fingerprint density at radius 2 is 1.94 bits per heavy atom. The van der Waals surface area contributed by atoms with E-state index in [2.05, 4.69) is 20.6 Å². The van der Waals surface area contributed by atoms with E-state index in [9.17, 15) is 14.7 Å². The van der Waals surface area contributed by atoms with Gasteiger partial charge in [0.15, 0.2) is 0 Å². The lowest BCUT2D eigenvalue weighted by Gasteiger charge is -2.23. The molecule has 10 heteroatoms. The highest BCUT2D eigenvalue weighted by molar-refractivity contribution is 6.03. The number of anilines is 3. The summed E-state index contributed by atoms with van der Waals surface area (Å²) >= 11 is 0. The molecule has 10 nitrogen and oxygen atoms in total. The quantitative estimate of drug-likeness (QED) is 0.609. The van der Waals surface area contributed by atoms with Gasteiger partial charge in [-0.15, -0.1) is 0 Å². The molecule has 2 fully saturated rings. The van der Waals surface area contributed by atoms with Crippen LogP contribution in [-0.2, 0) is 9.53 Å². The molecule has 1 atom stereocenters. The van der Waals surface area contributed by atoms with Gasteiger partial charge in [0.25, 0.3) is 11.8 Å². The van der Waals surface area contributed by atoms with E-state index in [1.807, 2.05) is 0 Å². The summed E-state index contributed by atoms with van der Waals surface area (Å²) < 4.78 is 5.31. The largest absolute Gasteiger partial charge is 0.381 e. The Labute approximate surface area is 178 Å². The lowest BCUT2D eigenvalue weighted by atomic mass is 10.1. The highest BCUT2D eigenvalue weighted by atomic mass is 16.5. The van der Waals surface area contributed by atoms with E-state index in [1.54, 1.807) is 30.3 Å². The summed E-state index contributed by atoms with van der Waals surface area (Å²) in [6, 6.07) is 8.26. The minimum atomic E-state index is -2.00. The predicted molar refractivity (Wildman–Crippen MR) is 111 cm³/mol. The van der Waals surface area contributed by atoms with Gasteiger partial charge >= 0.3 is 0 Å². The number of rotatable bonds is 5. The van der Waals surface area contributed by atoms with E-state index >= 15 is 0 Å². The van der Waals surface area contributed by atoms with Gasteiger partial charge in [0.2, 0.25) is 5.60 Å². The summed E-state index contributed by atoms with van der Waals surface area (Å²) in [5.74, 6) is -0.00712. The Kier molecular flexibility index (Phi) is 5.79. The topological polar surface area (TPSA) is 140 Å². The monoisotopic (exact) mass is 422 g/mol. The van der Waals surface area contributed by atoms with E-state index in [4.69, 9.17) is 10.00 Å². The van der Waals surface area contributed by atoms with Crippen molar-refractivity contribution in [1.82, 2.24) is 15.3 Å². The molecule has 2 aliphatic heterocycles. The number of amides is 2. The molecule has 0 saturated carbocycles. The number of carbonyl (C=O) groups excluding carboxylic acids is 2. The molecule has 2 aromatic rings. The van der Waals surface area contributed by atoms with Crippen LogP contribution in [0.15, 0.2) is 36.7 Å². The first kappa shape index (κ1) is 20.7. The fraction of sp³-hybridized carbons (Fsp3) is 0.381. The second-order valence-corrected chi connectivity index (χ2v) is 7.49. The van der Waals surface area contributed by atoms with Gasteiger partial charge in [-0.05, 0) is 31.0 Å². The lowest BCUT2D eigenvalue weighted by molar-refractivity contribution is -0.128. The fourth-order valence-electron chi connectivity index (χ4n) is 3.59. The normalized spacial score (nSPS) is 21.5. The van der Waals surface area contributed by atoms with Gasteiger partial charge in [-0.25, -0.2) is 9.97 Å². The summed E-state index contributed by atoms with van der Waals surface area (Å²) in [5.41, 5.74) is -1.03. The van der Waals surface area contributed by atoms with Crippen LogP contribution in [0, 0.1) is 11.3 Å². The first-order valence-corrected chi connectivity index (χ1v) is 10.0. The molecular formula is C21H22N6O4. The van der Waals surface area contributed by atoms with E-state index in [1.165, 1.54) is 17.3 Å². The van der Waals surface area contributed by atoms with Crippen molar-refractivity contribution in [1.29, 1.82) is 5.26 Å². The molecule has 0 unspecified atom stereocenters. The molecule has 0 radical (unpaired) electrons. The van der Waals surface area contributed by atoms with Crippen LogP contribution in [0.3, 0.4) is 0 Å². The molecule has 2 saturated heterocycles. The number of pyridine rings is 2. The van der Waals surface area contributed by atoms with Crippen molar-refractivity contribution in [2.45, 2.75) is 30.9 Å². The number of hydrogen-bond donors (Lipinski definition) is 3. The van der Waals surface area contributed by atoms with E-state index in [0.29, 0.717) is 36.1 Å². The van der Waals surface area contributed by atoms with Crippen molar-refractivity contribution < 1.29 is 19.4 Å². The Morgan fingerprint density at radius 1 is 1.23 bits per heavy atom. The second-order valence-electron chi connectivity index (χ2n) is 7.49. The van der Waals surface area contributed by atoms with Gasteiger partial charge in [-0.1, -0.05) is 0 Å². The van der Waals surface area contributed by atoms with Crippen molar-refractivity contribution in [3.63, 3.8) is 0 Å². The SMILES string of the molecule is N#C[C@@]1(O)CCN(c2ccnc(Nc3cc(C(=O)NC4CCOCC4)ccn3)c2)C1=O. The van der Waals surface area contributed by atoms with E-state index in [0.717, 1.165) is 12.8 Å². The molecule has 4 heterocycles. The Morgan fingerprint density at radius 3 is 2.65 bits per heavy atom. The second kappa shape index (κ2) is 8.67. The molecule has 2 amide bonds. The van der Waals surface area contributed by atoms with Crippen LogP contribution in [0.2, 0.25) is 0 Å². The number of carbonyl (C=O) groups is 2. The first-order chi connectivity index (χ1) is 15.0. The molecular weight excluding hydrogens is 400 g/mol. The summed E-state index contributed by atoms with van der Waals surface area (Å²) in [5, 5.41) is 25.2. The van der Waals surface area contributed by atoms with Gasteiger partial charge in [-0.3, -0.25) is 9.59 Å². The Hall–Kier alpha value is -3.55. The number of nitriles is 1. The molecule has 4 rings (SSSR count). The first-order valence-electron chi connectivity index (χ1n) is 10.0. The Balaban J connectivity index is 1.46. The van der Waals surface area contributed by atoms with Gasteiger partial charge in [0.05, 0.1) is 0 Å². The van der Waals surface area contributed by atoms with Crippen LogP contribution in [0.25, 0.3) is 0 Å². The highest BCUT2D eigenvalue weighted by Gasteiger charge is 2.46. The zero-order valence-corrected chi connectivity index (χ0v) is 16.7. The van der Waals surface area contributed by atoms with Gasteiger partial charge in [-0.2, -0.15) is 5.26 Å². The van der Waals surface area contributed by atoms with Crippen molar-refractivity contribution >= 4 is 29.1 Å². The summed E-state index contributed by atoms with van der Waals surface area (Å²) in [7, 11) is 0. The average molecular weight is 422 g/mol. The minimum absolute atomic E-state index is 0.0409. The highest BCUT2D eigenvalue weighted by Crippen LogP contribution is 2.29. The van der Waals surface area contributed by atoms with Gasteiger partial charge < -0.3 is 25.4 Å². The molecule has 0 spiro atoms. The molecule has 3 N–H and O–H groups in total. The number of ether oxygens (including phenoxy) is 1.